The lowest BCUT2D eigenvalue weighted by molar-refractivity contribution is -0.00808. The Morgan fingerprint density at radius 3 is 2.35 bits per heavy atom. The first-order chi connectivity index (χ1) is 8.11. The average molecular weight is 256 g/mol. The summed E-state index contributed by atoms with van der Waals surface area (Å²) in [4.78, 5) is 0.963. The SMILES string of the molecule is Cc1ccc(S[C@H]2O[C@H](CO)[C@@H](O)[C@@H]2O)cc1. The smallest absolute Gasteiger partial charge is 0.136 e. The molecule has 2 rings (SSSR count). The molecule has 1 aromatic carbocycles. The highest BCUT2D eigenvalue weighted by atomic mass is 32.2. The zero-order valence-corrected chi connectivity index (χ0v) is 10.3. The zero-order chi connectivity index (χ0) is 12.4. The minimum Gasteiger partial charge on any atom is -0.394 e. The summed E-state index contributed by atoms with van der Waals surface area (Å²) in [5, 5.41) is 28.3. The van der Waals surface area contributed by atoms with E-state index >= 15 is 0 Å². The molecular formula is C12H16O4S. The van der Waals surface area contributed by atoms with Crippen LogP contribution in [0.5, 0.6) is 0 Å². The number of hydrogen-bond acceptors (Lipinski definition) is 5. The summed E-state index contributed by atoms with van der Waals surface area (Å²) in [6, 6.07) is 7.83. The molecule has 1 aliphatic rings. The Kier molecular flexibility index (Phi) is 4.06. The molecule has 0 saturated carbocycles. The van der Waals surface area contributed by atoms with Gasteiger partial charge in [0.15, 0.2) is 0 Å². The predicted molar refractivity (Wildman–Crippen MR) is 64.8 cm³/mol. The molecular weight excluding hydrogens is 240 g/mol. The van der Waals surface area contributed by atoms with Crippen molar-refractivity contribution in [1.29, 1.82) is 0 Å². The number of rotatable bonds is 3. The zero-order valence-electron chi connectivity index (χ0n) is 9.48. The van der Waals surface area contributed by atoms with E-state index in [9.17, 15) is 10.2 Å². The fourth-order valence-corrected chi connectivity index (χ4v) is 2.77. The first-order valence-electron chi connectivity index (χ1n) is 5.47. The van der Waals surface area contributed by atoms with E-state index in [1.54, 1.807) is 0 Å². The van der Waals surface area contributed by atoms with E-state index in [2.05, 4.69) is 0 Å². The van der Waals surface area contributed by atoms with Crippen LogP contribution in [0.2, 0.25) is 0 Å². The molecule has 4 nitrogen and oxygen atoms in total. The van der Waals surface area contributed by atoms with Crippen molar-refractivity contribution in [2.24, 2.45) is 0 Å². The van der Waals surface area contributed by atoms with Crippen LogP contribution in [0.3, 0.4) is 0 Å². The summed E-state index contributed by atoms with van der Waals surface area (Å²) >= 11 is 1.35. The summed E-state index contributed by atoms with van der Waals surface area (Å²) in [5.41, 5.74) is 0.625. The van der Waals surface area contributed by atoms with Crippen molar-refractivity contribution in [3.8, 4) is 0 Å². The van der Waals surface area contributed by atoms with Crippen LogP contribution in [0.15, 0.2) is 29.2 Å². The molecule has 0 spiro atoms. The van der Waals surface area contributed by atoms with Crippen LogP contribution in [0, 0.1) is 6.92 Å². The van der Waals surface area contributed by atoms with Crippen molar-refractivity contribution in [2.75, 3.05) is 6.61 Å². The number of hydrogen-bond donors (Lipinski definition) is 3. The van der Waals surface area contributed by atoms with E-state index < -0.39 is 23.7 Å². The van der Waals surface area contributed by atoms with Crippen molar-refractivity contribution in [3.05, 3.63) is 29.8 Å². The summed E-state index contributed by atoms with van der Waals surface area (Å²) < 4.78 is 5.38. The molecule has 4 atom stereocenters. The molecule has 1 aliphatic heterocycles. The van der Waals surface area contributed by atoms with Gasteiger partial charge in [0, 0.05) is 4.90 Å². The Morgan fingerprint density at radius 1 is 1.18 bits per heavy atom. The van der Waals surface area contributed by atoms with E-state index in [0.717, 1.165) is 10.5 Å². The van der Waals surface area contributed by atoms with Gasteiger partial charge in [0.05, 0.1) is 6.61 Å². The van der Waals surface area contributed by atoms with Gasteiger partial charge < -0.3 is 20.1 Å². The minimum absolute atomic E-state index is 0.289. The summed E-state index contributed by atoms with van der Waals surface area (Å²) in [5.74, 6) is 0. The lowest BCUT2D eigenvalue weighted by Gasteiger charge is -2.13. The van der Waals surface area contributed by atoms with Gasteiger partial charge in [0.2, 0.25) is 0 Å². The van der Waals surface area contributed by atoms with E-state index in [4.69, 9.17) is 9.84 Å². The lowest BCUT2D eigenvalue weighted by atomic mass is 10.2. The third kappa shape index (κ3) is 2.81. The molecule has 1 saturated heterocycles. The van der Waals surface area contributed by atoms with Crippen LogP contribution in [-0.2, 0) is 4.74 Å². The summed E-state index contributed by atoms with van der Waals surface area (Å²) in [6.07, 6.45) is -2.70. The maximum atomic E-state index is 9.77. The van der Waals surface area contributed by atoms with E-state index in [1.807, 2.05) is 31.2 Å². The molecule has 3 N–H and O–H groups in total. The molecule has 5 heteroatoms. The van der Waals surface area contributed by atoms with Crippen LogP contribution in [0.4, 0.5) is 0 Å². The van der Waals surface area contributed by atoms with Gasteiger partial charge in [-0.2, -0.15) is 0 Å². The van der Waals surface area contributed by atoms with Gasteiger partial charge in [-0.3, -0.25) is 0 Å². The molecule has 0 aromatic heterocycles. The molecule has 17 heavy (non-hydrogen) atoms. The van der Waals surface area contributed by atoms with Crippen LogP contribution < -0.4 is 0 Å². The highest BCUT2D eigenvalue weighted by Crippen LogP contribution is 2.34. The number of aliphatic hydroxyl groups is 3. The van der Waals surface area contributed by atoms with Gasteiger partial charge in [-0.1, -0.05) is 29.5 Å². The predicted octanol–water partition coefficient (Wildman–Crippen LogP) is 0.526. The third-order valence-corrected chi connectivity index (χ3v) is 3.94. The highest BCUT2D eigenvalue weighted by Gasteiger charge is 2.42. The average Bonchev–Trinajstić information content (AvgIpc) is 2.60. The minimum atomic E-state index is -1.03. The van der Waals surface area contributed by atoms with Crippen molar-refractivity contribution < 1.29 is 20.1 Å². The number of thioether (sulfide) groups is 1. The molecule has 0 unspecified atom stereocenters. The van der Waals surface area contributed by atoms with Crippen LogP contribution in [0.25, 0.3) is 0 Å². The summed E-state index contributed by atoms with van der Waals surface area (Å²) in [6.45, 7) is 1.71. The van der Waals surface area contributed by atoms with Gasteiger partial charge in [-0.15, -0.1) is 0 Å². The maximum Gasteiger partial charge on any atom is 0.136 e. The third-order valence-electron chi connectivity index (χ3n) is 2.77. The first-order valence-corrected chi connectivity index (χ1v) is 6.35. The first kappa shape index (κ1) is 12.9. The van der Waals surface area contributed by atoms with Gasteiger partial charge in [-0.05, 0) is 19.1 Å². The second-order valence-electron chi connectivity index (χ2n) is 4.14. The molecule has 0 aliphatic carbocycles. The second kappa shape index (κ2) is 5.37. The number of aliphatic hydroxyl groups excluding tert-OH is 3. The fraction of sp³-hybridized carbons (Fsp3) is 0.500. The Labute approximate surface area is 104 Å². The molecule has 0 bridgehead atoms. The largest absolute Gasteiger partial charge is 0.394 e. The van der Waals surface area contributed by atoms with Gasteiger partial charge >= 0.3 is 0 Å². The van der Waals surface area contributed by atoms with Crippen LogP contribution in [0.1, 0.15) is 5.56 Å². The summed E-state index contributed by atoms with van der Waals surface area (Å²) in [7, 11) is 0. The van der Waals surface area contributed by atoms with Gasteiger partial charge in [-0.25, -0.2) is 0 Å². The monoisotopic (exact) mass is 256 g/mol. The highest BCUT2D eigenvalue weighted by molar-refractivity contribution is 7.99. The Hall–Kier alpha value is -0.590. The fourth-order valence-electron chi connectivity index (χ4n) is 1.71. The maximum absolute atomic E-state index is 9.77. The van der Waals surface area contributed by atoms with Crippen molar-refractivity contribution in [1.82, 2.24) is 0 Å². The Balaban J connectivity index is 2.02. The molecule has 1 fully saturated rings. The quantitative estimate of drug-likeness (QED) is 0.736. The van der Waals surface area contributed by atoms with Crippen LogP contribution in [-0.4, -0.2) is 45.7 Å². The molecule has 0 radical (unpaired) electrons. The van der Waals surface area contributed by atoms with Gasteiger partial charge in [0.1, 0.15) is 23.7 Å². The standard InChI is InChI=1S/C12H16O4S/c1-7-2-4-8(5-3-7)17-12-11(15)10(14)9(6-13)16-12/h2-5,9-15H,6H2,1H3/t9-,10-,11+,12-/m1/s1. The van der Waals surface area contributed by atoms with E-state index in [-0.39, 0.29) is 6.61 Å². The number of ether oxygens (including phenoxy) is 1. The Morgan fingerprint density at radius 2 is 1.82 bits per heavy atom. The van der Waals surface area contributed by atoms with Gasteiger partial charge in [0.25, 0.3) is 0 Å². The topological polar surface area (TPSA) is 69.9 Å². The van der Waals surface area contributed by atoms with Crippen molar-refractivity contribution in [3.63, 3.8) is 0 Å². The van der Waals surface area contributed by atoms with Crippen molar-refractivity contribution >= 4 is 11.8 Å². The van der Waals surface area contributed by atoms with E-state index in [0.29, 0.717) is 0 Å². The molecule has 1 heterocycles. The van der Waals surface area contributed by atoms with Crippen LogP contribution >= 0.6 is 11.8 Å². The normalized spacial score (nSPS) is 32.9. The number of benzene rings is 1. The molecule has 94 valence electrons. The molecule has 1 aromatic rings. The number of aryl methyl sites for hydroxylation is 1. The second-order valence-corrected chi connectivity index (χ2v) is 5.31. The molecule has 0 amide bonds. The van der Waals surface area contributed by atoms with E-state index in [1.165, 1.54) is 11.8 Å². The van der Waals surface area contributed by atoms with Crippen molar-refractivity contribution in [2.45, 2.75) is 35.6 Å². The lowest BCUT2D eigenvalue weighted by Crippen LogP contribution is -2.33. The Bertz CT molecular complexity index is 367.